The van der Waals surface area contributed by atoms with E-state index in [4.69, 9.17) is 4.74 Å². The molecule has 124 valence electrons. The van der Waals surface area contributed by atoms with Gasteiger partial charge in [0.1, 0.15) is 18.3 Å². The molecule has 0 saturated carbocycles. The van der Waals surface area contributed by atoms with Crippen molar-refractivity contribution in [3.8, 4) is 0 Å². The Hall–Kier alpha value is -1.89. The number of aryl methyl sites for hydroxylation is 1. The first-order valence-corrected chi connectivity index (χ1v) is 7.55. The van der Waals surface area contributed by atoms with Gasteiger partial charge in [0, 0.05) is 6.61 Å². The average Bonchev–Trinajstić information content (AvgIpc) is 3.00. The maximum absolute atomic E-state index is 13.5. The summed E-state index contributed by atoms with van der Waals surface area (Å²) in [6.07, 6.45) is 0.653. The van der Waals surface area contributed by atoms with Gasteiger partial charge in [-0.05, 0) is 37.8 Å². The number of hydrogen-bond donors (Lipinski definition) is 0. The molecule has 0 N–H and O–H groups in total. The Balaban J connectivity index is 2.10. The molecule has 1 saturated heterocycles. The summed E-state index contributed by atoms with van der Waals surface area (Å²) in [6.45, 7) is 2.32. The molecule has 1 unspecified atom stereocenters. The normalized spacial score (nSPS) is 22.3. The highest BCUT2D eigenvalue weighted by Crippen LogP contribution is 2.43. The van der Waals surface area contributed by atoms with Gasteiger partial charge in [-0.3, -0.25) is 0 Å². The number of aromatic nitrogens is 3. The van der Waals surface area contributed by atoms with Crippen LogP contribution in [0.2, 0.25) is 0 Å². The van der Waals surface area contributed by atoms with Crippen molar-refractivity contribution in [3.63, 3.8) is 0 Å². The van der Waals surface area contributed by atoms with Crippen LogP contribution >= 0.6 is 0 Å². The average molecular weight is 325 g/mol. The third-order valence-electron chi connectivity index (χ3n) is 4.21. The molecule has 1 fully saturated rings. The van der Waals surface area contributed by atoms with Gasteiger partial charge in [0.2, 0.25) is 0 Å². The molecule has 7 heteroatoms. The van der Waals surface area contributed by atoms with E-state index in [1.165, 1.54) is 23.4 Å². The standard InChI is InChI=1S/C16H18F3N3O/c1-12-4-5-13(14(8-12)16(17,18)19)15(6-2-3-7-23-15)9-22-11-20-10-21-22/h4-5,8,10-11H,2-3,6-7,9H2,1H3. The second kappa shape index (κ2) is 5.96. The molecule has 0 bridgehead atoms. The molecule has 1 aliphatic heterocycles. The van der Waals surface area contributed by atoms with Crippen LogP contribution in [-0.4, -0.2) is 21.4 Å². The summed E-state index contributed by atoms with van der Waals surface area (Å²) in [4.78, 5) is 3.87. The topological polar surface area (TPSA) is 39.9 Å². The van der Waals surface area contributed by atoms with Gasteiger partial charge in [-0.1, -0.05) is 17.7 Å². The van der Waals surface area contributed by atoms with Gasteiger partial charge in [-0.15, -0.1) is 0 Å². The van der Waals surface area contributed by atoms with E-state index >= 15 is 0 Å². The zero-order valence-corrected chi connectivity index (χ0v) is 12.8. The van der Waals surface area contributed by atoms with Crippen LogP contribution in [0.1, 0.15) is 36.0 Å². The first-order chi connectivity index (χ1) is 10.9. The molecule has 0 aliphatic carbocycles. The Morgan fingerprint density at radius 2 is 2.13 bits per heavy atom. The summed E-state index contributed by atoms with van der Waals surface area (Å²) in [7, 11) is 0. The molecule has 1 aromatic heterocycles. The van der Waals surface area contributed by atoms with E-state index in [0.29, 0.717) is 18.6 Å². The summed E-state index contributed by atoms with van der Waals surface area (Å²) >= 11 is 0. The lowest BCUT2D eigenvalue weighted by molar-refractivity contribution is -0.146. The number of nitrogens with zero attached hydrogens (tertiary/aromatic N) is 3. The fraction of sp³-hybridized carbons (Fsp3) is 0.500. The van der Waals surface area contributed by atoms with Gasteiger partial charge < -0.3 is 4.74 Å². The molecule has 3 rings (SSSR count). The van der Waals surface area contributed by atoms with Crippen LogP contribution < -0.4 is 0 Å². The molecule has 1 atom stereocenters. The number of benzene rings is 1. The van der Waals surface area contributed by atoms with Crippen LogP contribution in [0.5, 0.6) is 0 Å². The van der Waals surface area contributed by atoms with Crippen molar-refractivity contribution in [2.45, 2.75) is 44.5 Å². The molecular weight excluding hydrogens is 307 g/mol. The fourth-order valence-electron chi connectivity index (χ4n) is 3.14. The summed E-state index contributed by atoms with van der Waals surface area (Å²) in [5.74, 6) is 0. The maximum atomic E-state index is 13.5. The van der Waals surface area contributed by atoms with Crippen molar-refractivity contribution in [2.75, 3.05) is 6.61 Å². The minimum Gasteiger partial charge on any atom is -0.368 e. The van der Waals surface area contributed by atoms with Crippen LogP contribution in [0, 0.1) is 6.92 Å². The largest absolute Gasteiger partial charge is 0.416 e. The third kappa shape index (κ3) is 3.24. The second-order valence-corrected chi connectivity index (χ2v) is 5.94. The number of ether oxygens (including phenoxy) is 1. The van der Waals surface area contributed by atoms with Gasteiger partial charge in [-0.2, -0.15) is 18.3 Å². The monoisotopic (exact) mass is 325 g/mol. The van der Waals surface area contributed by atoms with Crippen molar-refractivity contribution in [3.05, 3.63) is 47.5 Å². The second-order valence-electron chi connectivity index (χ2n) is 5.94. The lowest BCUT2D eigenvalue weighted by atomic mass is 9.82. The lowest BCUT2D eigenvalue weighted by Gasteiger charge is -2.39. The molecular formula is C16H18F3N3O. The van der Waals surface area contributed by atoms with Crippen molar-refractivity contribution in [1.82, 2.24) is 14.8 Å². The summed E-state index contributed by atoms with van der Waals surface area (Å²) in [5, 5.41) is 4.03. The third-order valence-corrected chi connectivity index (χ3v) is 4.21. The molecule has 2 heterocycles. The van der Waals surface area contributed by atoms with E-state index in [1.54, 1.807) is 19.1 Å². The van der Waals surface area contributed by atoms with Crippen molar-refractivity contribution in [2.24, 2.45) is 0 Å². The maximum Gasteiger partial charge on any atom is 0.416 e. The van der Waals surface area contributed by atoms with Gasteiger partial charge in [0.05, 0.1) is 12.1 Å². The molecule has 1 aromatic carbocycles. The van der Waals surface area contributed by atoms with E-state index in [9.17, 15) is 13.2 Å². The Kier molecular flexibility index (Phi) is 4.14. The first-order valence-electron chi connectivity index (χ1n) is 7.55. The molecule has 0 amide bonds. The number of rotatable bonds is 3. The molecule has 23 heavy (non-hydrogen) atoms. The number of hydrogen-bond acceptors (Lipinski definition) is 3. The van der Waals surface area contributed by atoms with Crippen molar-refractivity contribution < 1.29 is 17.9 Å². The van der Waals surface area contributed by atoms with E-state index < -0.39 is 17.3 Å². The lowest BCUT2D eigenvalue weighted by Crippen LogP contribution is -2.40. The highest BCUT2D eigenvalue weighted by molar-refractivity contribution is 5.38. The SMILES string of the molecule is Cc1ccc(C2(Cn3cncn3)CCCCO2)c(C(F)(F)F)c1. The number of halogens is 3. The Labute approximate surface area is 132 Å². The minimum atomic E-state index is -4.42. The zero-order chi connectivity index (χ0) is 16.5. The van der Waals surface area contributed by atoms with Crippen molar-refractivity contribution in [1.29, 1.82) is 0 Å². The predicted molar refractivity (Wildman–Crippen MR) is 77.7 cm³/mol. The summed E-state index contributed by atoms with van der Waals surface area (Å²) in [6, 6.07) is 4.43. The zero-order valence-electron chi connectivity index (χ0n) is 12.8. The van der Waals surface area contributed by atoms with Crippen LogP contribution in [0.4, 0.5) is 13.2 Å². The Morgan fingerprint density at radius 1 is 1.30 bits per heavy atom. The molecule has 2 aromatic rings. The highest BCUT2D eigenvalue weighted by Gasteiger charge is 2.44. The molecule has 4 nitrogen and oxygen atoms in total. The van der Waals surface area contributed by atoms with Crippen LogP contribution in [0.15, 0.2) is 30.9 Å². The molecule has 1 aliphatic rings. The van der Waals surface area contributed by atoms with Crippen LogP contribution in [-0.2, 0) is 23.1 Å². The molecule has 0 spiro atoms. The predicted octanol–water partition coefficient (Wildman–Crippen LogP) is 3.70. The van der Waals surface area contributed by atoms with Crippen LogP contribution in [0.3, 0.4) is 0 Å². The number of alkyl halides is 3. The van der Waals surface area contributed by atoms with Gasteiger partial charge in [0.25, 0.3) is 0 Å². The van der Waals surface area contributed by atoms with E-state index in [1.807, 2.05) is 0 Å². The van der Waals surface area contributed by atoms with E-state index in [-0.39, 0.29) is 12.1 Å². The summed E-state index contributed by atoms with van der Waals surface area (Å²) < 4.78 is 48.1. The smallest absolute Gasteiger partial charge is 0.368 e. The Morgan fingerprint density at radius 3 is 2.74 bits per heavy atom. The van der Waals surface area contributed by atoms with Gasteiger partial charge >= 0.3 is 6.18 Å². The summed E-state index contributed by atoms with van der Waals surface area (Å²) in [5.41, 5.74) is -0.886. The van der Waals surface area contributed by atoms with Crippen molar-refractivity contribution >= 4 is 0 Å². The first kappa shape index (κ1) is 16.0. The van der Waals surface area contributed by atoms with E-state index in [0.717, 1.165) is 12.8 Å². The Bertz CT molecular complexity index is 662. The highest BCUT2D eigenvalue weighted by atomic mass is 19.4. The van der Waals surface area contributed by atoms with Crippen LogP contribution in [0.25, 0.3) is 0 Å². The van der Waals surface area contributed by atoms with Gasteiger partial charge in [0.15, 0.2) is 0 Å². The fourth-order valence-corrected chi connectivity index (χ4v) is 3.14. The minimum absolute atomic E-state index is 0.186. The van der Waals surface area contributed by atoms with Gasteiger partial charge in [-0.25, -0.2) is 9.67 Å². The quantitative estimate of drug-likeness (QED) is 0.864. The van der Waals surface area contributed by atoms with E-state index in [2.05, 4.69) is 10.1 Å². The molecule has 0 radical (unpaired) electrons.